The maximum Gasteiger partial charge on any atom is 0.245 e. The molecule has 2 aromatic heterocycles. The Labute approximate surface area is 113 Å². The zero-order valence-corrected chi connectivity index (χ0v) is 11.2. The number of hydrogen-bond acceptors (Lipinski definition) is 1. The average molecular weight is 252 g/mol. The summed E-state index contributed by atoms with van der Waals surface area (Å²) in [5.41, 5.74) is 3.65. The van der Waals surface area contributed by atoms with Crippen LogP contribution in [0.4, 0.5) is 0 Å². The molecular formula is C16H18N3+. The second kappa shape index (κ2) is 5.22. The number of rotatable bonds is 4. The van der Waals surface area contributed by atoms with E-state index in [-0.39, 0.29) is 0 Å². The van der Waals surface area contributed by atoms with E-state index in [9.17, 15) is 0 Å². The van der Waals surface area contributed by atoms with Gasteiger partial charge < -0.3 is 0 Å². The molecule has 3 heteroatoms. The van der Waals surface area contributed by atoms with E-state index in [1.807, 2.05) is 18.3 Å². The lowest BCUT2D eigenvalue weighted by atomic mass is 10.3. The molecule has 0 radical (unpaired) electrons. The third kappa shape index (κ3) is 2.36. The molecule has 3 aromatic rings. The molecule has 3 rings (SSSR count). The van der Waals surface area contributed by atoms with Gasteiger partial charge in [0.15, 0.2) is 11.0 Å². The van der Waals surface area contributed by atoms with Gasteiger partial charge in [0.1, 0.15) is 6.54 Å². The highest BCUT2D eigenvalue weighted by Crippen LogP contribution is 2.11. The van der Waals surface area contributed by atoms with Crippen LogP contribution in [0.15, 0.2) is 55.0 Å². The minimum atomic E-state index is 0.818. The van der Waals surface area contributed by atoms with Gasteiger partial charge in [-0.05, 0) is 30.7 Å². The van der Waals surface area contributed by atoms with Gasteiger partial charge in [-0.25, -0.2) is 9.13 Å². The second-order valence-corrected chi connectivity index (χ2v) is 4.75. The SMILES string of the molecule is CCCn1c[n+](Cc2ccccn2)c2ccccc21. The van der Waals surface area contributed by atoms with Crippen molar-refractivity contribution in [2.45, 2.75) is 26.4 Å². The first kappa shape index (κ1) is 11.9. The molecule has 0 aliphatic heterocycles. The summed E-state index contributed by atoms with van der Waals surface area (Å²) < 4.78 is 4.59. The lowest BCUT2D eigenvalue weighted by Crippen LogP contribution is -2.33. The van der Waals surface area contributed by atoms with Gasteiger partial charge in [0.25, 0.3) is 0 Å². The van der Waals surface area contributed by atoms with Gasteiger partial charge in [-0.1, -0.05) is 25.1 Å². The van der Waals surface area contributed by atoms with Gasteiger partial charge in [-0.15, -0.1) is 0 Å². The Morgan fingerprint density at radius 2 is 1.95 bits per heavy atom. The number of imidazole rings is 1. The molecule has 0 fully saturated rings. The smallest absolute Gasteiger partial charge is 0.245 e. The summed E-state index contributed by atoms with van der Waals surface area (Å²) in [4.78, 5) is 4.41. The van der Waals surface area contributed by atoms with Crippen LogP contribution in [0, 0.1) is 0 Å². The van der Waals surface area contributed by atoms with Crippen LogP contribution in [0.5, 0.6) is 0 Å². The van der Waals surface area contributed by atoms with Crippen molar-refractivity contribution in [1.29, 1.82) is 0 Å². The molecule has 0 N–H and O–H groups in total. The standard InChI is InChI=1S/C16H18N3/c1-2-11-18-13-19(12-14-7-5-6-10-17-14)16-9-4-3-8-15(16)18/h3-10,13H,2,11-12H2,1H3/q+1. The highest BCUT2D eigenvalue weighted by atomic mass is 15.1. The van der Waals surface area contributed by atoms with E-state index in [4.69, 9.17) is 0 Å². The van der Waals surface area contributed by atoms with Gasteiger partial charge >= 0.3 is 0 Å². The normalized spacial score (nSPS) is 11.0. The van der Waals surface area contributed by atoms with Gasteiger partial charge in [-0.3, -0.25) is 4.98 Å². The fourth-order valence-electron chi connectivity index (χ4n) is 2.45. The first-order valence-corrected chi connectivity index (χ1v) is 6.75. The van der Waals surface area contributed by atoms with Crippen LogP contribution >= 0.6 is 0 Å². The van der Waals surface area contributed by atoms with Crippen molar-refractivity contribution >= 4 is 11.0 Å². The number of benzene rings is 1. The van der Waals surface area contributed by atoms with Gasteiger partial charge in [0.05, 0.1) is 12.2 Å². The van der Waals surface area contributed by atoms with Crippen LogP contribution in [0.2, 0.25) is 0 Å². The first-order chi connectivity index (χ1) is 9.38. The van der Waals surface area contributed by atoms with Gasteiger partial charge in [0.2, 0.25) is 6.33 Å². The largest absolute Gasteiger partial charge is 0.257 e. The van der Waals surface area contributed by atoms with Gasteiger partial charge in [0, 0.05) is 6.20 Å². The van der Waals surface area contributed by atoms with E-state index in [0.717, 1.165) is 25.2 Å². The van der Waals surface area contributed by atoms with Crippen LogP contribution < -0.4 is 4.57 Å². The molecule has 0 atom stereocenters. The summed E-state index contributed by atoms with van der Waals surface area (Å²) in [6.45, 7) is 4.08. The molecule has 0 amide bonds. The molecule has 0 saturated heterocycles. The number of nitrogens with zero attached hydrogens (tertiary/aromatic N) is 3. The predicted molar refractivity (Wildman–Crippen MR) is 75.8 cm³/mol. The molecule has 0 saturated carbocycles. The number of aryl methyl sites for hydroxylation is 1. The van der Waals surface area contributed by atoms with Crippen LogP contribution in [0.1, 0.15) is 19.0 Å². The first-order valence-electron chi connectivity index (χ1n) is 6.75. The van der Waals surface area contributed by atoms with Crippen molar-refractivity contribution in [3.63, 3.8) is 0 Å². The third-order valence-corrected chi connectivity index (χ3v) is 3.30. The minimum Gasteiger partial charge on any atom is -0.257 e. The van der Waals surface area contributed by atoms with Crippen molar-refractivity contribution in [2.24, 2.45) is 0 Å². The fraction of sp³-hybridized carbons (Fsp3) is 0.250. The fourth-order valence-corrected chi connectivity index (χ4v) is 2.45. The van der Waals surface area contributed by atoms with E-state index in [0.29, 0.717) is 0 Å². The van der Waals surface area contributed by atoms with Crippen molar-refractivity contribution in [1.82, 2.24) is 9.55 Å². The molecule has 96 valence electrons. The second-order valence-electron chi connectivity index (χ2n) is 4.75. The van der Waals surface area contributed by atoms with Crippen LogP contribution in [-0.4, -0.2) is 9.55 Å². The van der Waals surface area contributed by atoms with Crippen molar-refractivity contribution in [3.05, 3.63) is 60.7 Å². The number of para-hydroxylation sites is 2. The monoisotopic (exact) mass is 252 g/mol. The van der Waals surface area contributed by atoms with E-state index < -0.39 is 0 Å². The third-order valence-electron chi connectivity index (χ3n) is 3.30. The Hall–Kier alpha value is -2.16. The van der Waals surface area contributed by atoms with Crippen LogP contribution in [0.25, 0.3) is 11.0 Å². The van der Waals surface area contributed by atoms with E-state index >= 15 is 0 Å². The number of aromatic nitrogens is 3. The van der Waals surface area contributed by atoms with E-state index in [2.05, 4.69) is 57.7 Å². The molecule has 0 spiro atoms. The Morgan fingerprint density at radius 1 is 1.11 bits per heavy atom. The lowest BCUT2D eigenvalue weighted by Gasteiger charge is -1.97. The number of hydrogen-bond donors (Lipinski definition) is 0. The van der Waals surface area contributed by atoms with Gasteiger partial charge in [-0.2, -0.15) is 0 Å². The molecule has 1 aromatic carbocycles. The Kier molecular flexibility index (Phi) is 3.27. The van der Waals surface area contributed by atoms with Crippen LogP contribution in [0.3, 0.4) is 0 Å². The molecule has 0 aliphatic rings. The Bertz CT molecular complexity index is 671. The van der Waals surface area contributed by atoms with Crippen molar-refractivity contribution in [2.75, 3.05) is 0 Å². The lowest BCUT2D eigenvalue weighted by molar-refractivity contribution is -0.663. The maximum absolute atomic E-state index is 4.41. The molecule has 3 nitrogen and oxygen atoms in total. The summed E-state index contributed by atoms with van der Waals surface area (Å²) >= 11 is 0. The van der Waals surface area contributed by atoms with Crippen molar-refractivity contribution in [3.8, 4) is 0 Å². The predicted octanol–water partition coefficient (Wildman–Crippen LogP) is 2.78. The topological polar surface area (TPSA) is 21.7 Å². The Morgan fingerprint density at radius 3 is 2.74 bits per heavy atom. The molecule has 19 heavy (non-hydrogen) atoms. The maximum atomic E-state index is 4.41. The number of pyridine rings is 1. The molecule has 0 aliphatic carbocycles. The summed E-state index contributed by atoms with van der Waals surface area (Å²) in [6, 6.07) is 14.6. The molecular weight excluding hydrogens is 234 g/mol. The van der Waals surface area contributed by atoms with Crippen molar-refractivity contribution < 1.29 is 4.57 Å². The van der Waals surface area contributed by atoms with E-state index in [1.54, 1.807) is 0 Å². The van der Waals surface area contributed by atoms with Crippen LogP contribution in [-0.2, 0) is 13.1 Å². The quantitative estimate of drug-likeness (QED) is 0.654. The molecule has 0 bridgehead atoms. The zero-order chi connectivity index (χ0) is 13.1. The highest BCUT2D eigenvalue weighted by molar-refractivity contribution is 5.71. The molecule has 2 heterocycles. The summed E-state index contributed by atoms with van der Waals surface area (Å²) in [5, 5.41) is 0. The minimum absolute atomic E-state index is 0.818. The highest BCUT2D eigenvalue weighted by Gasteiger charge is 2.14. The summed E-state index contributed by atoms with van der Waals surface area (Å²) in [5.74, 6) is 0. The Balaban J connectivity index is 2.03. The average Bonchev–Trinajstić information content (AvgIpc) is 2.79. The summed E-state index contributed by atoms with van der Waals surface area (Å²) in [7, 11) is 0. The summed E-state index contributed by atoms with van der Waals surface area (Å²) in [6.07, 6.45) is 5.19. The van der Waals surface area contributed by atoms with E-state index in [1.165, 1.54) is 11.0 Å². The number of fused-ring (bicyclic) bond motifs is 1. The zero-order valence-electron chi connectivity index (χ0n) is 11.2. The molecule has 0 unspecified atom stereocenters.